The van der Waals surface area contributed by atoms with Crippen molar-refractivity contribution in [3.63, 3.8) is 0 Å². The van der Waals surface area contributed by atoms with Gasteiger partial charge in [0.25, 0.3) is 5.91 Å². The van der Waals surface area contributed by atoms with Crippen molar-refractivity contribution in [2.24, 2.45) is 0 Å². The number of carbonyl (C=O) groups excluding carboxylic acids is 1. The van der Waals surface area contributed by atoms with E-state index >= 15 is 0 Å². The lowest BCUT2D eigenvalue weighted by Gasteiger charge is -2.24. The van der Waals surface area contributed by atoms with Crippen LogP contribution in [0.15, 0.2) is 24.7 Å². The fourth-order valence-electron chi connectivity index (χ4n) is 3.38. The second-order valence-electron chi connectivity index (χ2n) is 6.48. The maximum atomic E-state index is 13.0. The molecular formula is C17H20N6O. The van der Waals surface area contributed by atoms with Gasteiger partial charge in [0.05, 0.1) is 24.3 Å². The minimum absolute atomic E-state index is 0.0383. The van der Waals surface area contributed by atoms with E-state index in [0.717, 1.165) is 42.6 Å². The maximum Gasteiger partial charge on any atom is 0.255 e. The van der Waals surface area contributed by atoms with E-state index in [1.165, 1.54) is 0 Å². The molecule has 0 saturated carbocycles. The molecule has 3 aromatic heterocycles. The molecule has 0 unspecified atom stereocenters. The van der Waals surface area contributed by atoms with Gasteiger partial charge in [0.2, 0.25) is 0 Å². The van der Waals surface area contributed by atoms with Crippen LogP contribution in [0, 0.1) is 13.8 Å². The number of likely N-dealkylation sites (tertiary alicyclic amines) is 1. The maximum absolute atomic E-state index is 13.0. The Morgan fingerprint density at radius 3 is 3.04 bits per heavy atom. The molecule has 124 valence electrons. The molecule has 4 rings (SSSR count). The Labute approximate surface area is 139 Å². The highest BCUT2D eigenvalue weighted by Crippen LogP contribution is 2.23. The number of aromatic nitrogens is 5. The Morgan fingerprint density at radius 2 is 2.25 bits per heavy atom. The van der Waals surface area contributed by atoms with Gasteiger partial charge in [0.1, 0.15) is 0 Å². The summed E-state index contributed by atoms with van der Waals surface area (Å²) >= 11 is 0. The van der Waals surface area contributed by atoms with Crippen LogP contribution in [0.25, 0.3) is 11.0 Å². The zero-order chi connectivity index (χ0) is 16.7. The van der Waals surface area contributed by atoms with Crippen molar-refractivity contribution >= 4 is 16.9 Å². The van der Waals surface area contributed by atoms with Crippen molar-refractivity contribution in [1.29, 1.82) is 0 Å². The molecule has 7 heteroatoms. The monoisotopic (exact) mass is 324 g/mol. The van der Waals surface area contributed by atoms with E-state index in [-0.39, 0.29) is 11.9 Å². The fourth-order valence-corrected chi connectivity index (χ4v) is 3.38. The predicted molar refractivity (Wildman–Crippen MR) is 89.6 cm³/mol. The van der Waals surface area contributed by atoms with Crippen LogP contribution in [0.3, 0.4) is 0 Å². The van der Waals surface area contributed by atoms with Crippen molar-refractivity contribution < 1.29 is 4.79 Å². The Hall–Kier alpha value is -2.70. The lowest BCUT2D eigenvalue weighted by atomic mass is 10.1. The topological polar surface area (TPSA) is 79.7 Å². The van der Waals surface area contributed by atoms with E-state index in [4.69, 9.17) is 0 Å². The molecule has 1 aliphatic heterocycles. The third-order valence-corrected chi connectivity index (χ3v) is 4.65. The van der Waals surface area contributed by atoms with Gasteiger partial charge in [-0.05, 0) is 38.3 Å². The van der Waals surface area contributed by atoms with Crippen LogP contribution in [0.1, 0.15) is 34.5 Å². The first-order chi connectivity index (χ1) is 11.6. The largest absolute Gasteiger partial charge is 0.334 e. The summed E-state index contributed by atoms with van der Waals surface area (Å²) in [7, 11) is 0. The van der Waals surface area contributed by atoms with Crippen LogP contribution >= 0.6 is 0 Å². The summed E-state index contributed by atoms with van der Waals surface area (Å²) in [4.78, 5) is 19.2. The zero-order valence-electron chi connectivity index (χ0n) is 13.9. The van der Waals surface area contributed by atoms with E-state index in [1.54, 1.807) is 6.20 Å². The van der Waals surface area contributed by atoms with E-state index in [2.05, 4.69) is 20.3 Å². The van der Waals surface area contributed by atoms with Crippen LogP contribution in [0.5, 0.6) is 0 Å². The van der Waals surface area contributed by atoms with E-state index in [1.807, 2.05) is 41.9 Å². The van der Waals surface area contributed by atoms with Crippen LogP contribution in [0.4, 0.5) is 0 Å². The number of pyridine rings is 1. The lowest BCUT2D eigenvalue weighted by Crippen LogP contribution is -2.38. The van der Waals surface area contributed by atoms with Gasteiger partial charge in [-0.3, -0.25) is 14.6 Å². The standard InChI is InChI=1S/C17H20N6O/c1-11-7-19-22(9-11)10-14-4-3-5-23(14)17(24)13-6-15-12(2)20-21-16(15)18-8-13/h6-9,14H,3-5,10H2,1-2H3,(H,18,20,21)/t14-/m1/s1. The number of rotatable bonds is 3. The molecule has 0 bridgehead atoms. The number of aromatic amines is 1. The molecule has 1 N–H and O–H groups in total. The average Bonchev–Trinajstić information content (AvgIpc) is 3.29. The van der Waals surface area contributed by atoms with Crippen LogP contribution in [-0.4, -0.2) is 48.4 Å². The minimum atomic E-state index is 0.0383. The first-order valence-electron chi connectivity index (χ1n) is 8.22. The van der Waals surface area contributed by atoms with Gasteiger partial charge in [0, 0.05) is 30.0 Å². The summed E-state index contributed by atoms with van der Waals surface area (Å²) < 4.78 is 1.92. The van der Waals surface area contributed by atoms with Crippen molar-refractivity contribution in [2.75, 3.05) is 6.54 Å². The second-order valence-corrected chi connectivity index (χ2v) is 6.48. The summed E-state index contributed by atoms with van der Waals surface area (Å²) in [5.74, 6) is 0.0383. The molecule has 7 nitrogen and oxygen atoms in total. The highest BCUT2D eigenvalue weighted by atomic mass is 16.2. The molecule has 1 aliphatic rings. The second kappa shape index (κ2) is 5.74. The number of aryl methyl sites for hydroxylation is 2. The molecule has 4 heterocycles. The Kier molecular flexibility index (Phi) is 3.55. The third kappa shape index (κ3) is 2.55. The highest BCUT2D eigenvalue weighted by molar-refractivity contribution is 5.97. The average molecular weight is 324 g/mol. The number of amides is 1. The number of fused-ring (bicyclic) bond motifs is 1. The summed E-state index contributed by atoms with van der Waals surface area (Å²) in [6.45, 7) is 5.48. The molecule has 1 fully saturated rings. The molecule has 24 heavy (non-hydrogen) atoms. The number of nitrogens with zero attached hydrogens (tertiary/aromatic N) is 5. The molecule has 0 radical (unpaired) electrons. The van der Waals surface area contributed by atoms with Gasteiger partial charge in [-0.15, -0.1) is 0 Å². The summed E-state index contributed by atoms with van der Waals surface area (Å²) in [6.07, 6.45) is 7.52. The molecule has 1 atom stereocenters. The van der Waals surface area contributed by atoms with Crippen molar-refractivity contribution in [3.8, 4) is 0 Å². The Balaban J connectivity index is 1.58. The van der Waals surface area contributed by atoms with Gasteiger partial charge in [-0.1, -0.05) is 0 Å². The number of hydrogen-bond acceptors (Lipinski definition) is 4. The molecule has 3 aromatic rings. The van der Waals surface area contributed by atoms with Gasteiger partial charge in [-0.25, -0.2) is 4.98 Å². The van der Waals surface area contributed by atoms with E-state index in [9.17, 15) is 4.79 Å². The summed E-state index contributed by atoms with van der Waals surface area (Å²) in [5.41, 5.74) is 3.33. The van der Waals surface area contributed by atoms with Crippen molar-refractivity contribution in [1.82, 2.24) is 29.9 Å². The van der Waals surface area contributed by atoms with E-state index < -0.39 is 0 Å². The van der Waals surface area contributed by atoms with Crippen molar-refractivity contribution in [2.45, 2.75) is 39.3 Å². The zero-order valence-corrected chi connectivity index (χ0v) is 13.9. The number of hydrogen-bond donors (Lipinski definition) is 1. The lowest BCUT2D eigenvalue weighted by molar-refractivity contribution is 0.0721. The Bertz CT molecular complexity index is 896. The van der Waals surface area contributed by atoms with Gasteiger partial charge < -0.3 is 4.90 Å². The first-order valence-corrected chi connectivity index (χ1v) is 8.22. The minimum Gasteiger partial charge on any atom is -0.334 e. The predicted octanol–water partition coefficient (Wildman–Crippen LogP) is 2.08. The molecule has 1 saturated heterocycles. The SMILES string of the molecule is Cc1cnn(C[C@H]2CCCN2C(=O)c2cnc3n[nH]c(C)c3c2)c1. The number of H-pyrrole nitrogens is 1. The fraction of sp³-hybridized carbons (Fsp3) is 0.412. The third-order valence-electron chi connectivity index (χ3n) is 4.65. The molecule has 0 spiro atoms. The molecular weight excluding hydrogens is 304 g/mol. The normalized spacial score (nSPS) is 17.8. The van der Waals surface area contributed by atoms with Gasteiger partial charge in [-0.2, -0.15) is 10.2 Å². The summed E-state index contributed by atoms with van der Waals surface area (Å²) in [6, 6.07) is 2.06. The smallest absolute Gasteiger partial charge is 0.255 e. The van der Waals surface area contributed by atoms with Crippen molar-refractivity contribution in [3.05, 3.63) is 41.5 Å². The van der Waals surface area contributed by atoms with Gasteiger partial charge >= 0.3 is 0 Å². The van der Waals surface area contributed by atoms with E-state index in [0.29, 0.717) is 11.2 Å². The van der Waals surface area contributed by atoms with Gasteiger partial charge in [0.15, 0.2) is 5.65 Å². The molecule has 1 amide bonds. The van der Waals surface area contributed by atoms with Crippen LogP contribution in [0.2, 0.25) is 0 Å². The number of nitrogens with one attached hydrogen (secondary N) is 1. The summed E-state index contributed by atoms with van der Waals surface area (Å²) in [5, 5.41) is 12.3. The number of carbonyl (C=O) groups is 1. The molecule has 0 aliphatic carbocycles. The quantitative estimate of drug-likeness (QED) is 0.800. The highest BCUT2D eigenvalue weighted by Gasteiger charge is 2.30. The van der Waals surface area contributed by atoms with Crippen LogP contribution < -0.4 is 0 Å². The molecule has 0 aromatic carbocycles. The van der Waals surface area contributed by atoms with Crippen LogP contribution in [-0.2, 0) is 6.54 Å². The Morgan fingerprint density at radius 1 is 1.38 bits per heavy atom. The first kappa shape index (κ1) is 14.9.